The van der Waals surface area contributed by atoms with Crippen LogP contribution < -0.4 is 9.04 Å². The minimum Gasteiger partial charge on any atom is -0.497 e. The third-order valence-corrected chi connectivity index (χ3v) is 7.24. The maximum absolute atomic E-state index is 13.7. The fourth-order valence-corrected chi connectivity index (χ4v) is 4.86. The van der Waals surface area contributed by atoms with Gasteiger partial charge < -0.3 is 9.15 Å². The zero-order chi connectivity index (χ0) is 23.6. The van der Waals surface area contributed by atoms with Crippen molar-refractivity contribution in [2.75, 3.05) is 11.4 Å². The standard InChI is InChI=1S/C26H26N2O4S/c1-18-5-9-21(10-6-18)26-27-25(20(3)32-26)17-28(22-11-13-23(31-4)14-12-22)33(29,30)24-15-7-19(2)8-16-24/h5-16H,17H2,1-4H3. The maximum Gasteiger partial charge on any atom is 0.264 e. The maximum atomic E-state index is 13.7. The Morgan fingerprint density at radius 2 is 1.42 bits per heavy atom. The van der Waals surface area contributed by atoms with Crippen molar-refractivity contribution < 1.29 is 17.6 Å². The smallest absolute Gasteiger partial charge is 0.264 e. The Morgan fingerprint density at radius 3 is 2.00 bits per heavy atom. The molecule has 0 aliphatic rings. The number of aryl methyl sites for hydroxylation is 3. The highest BCUT2D eigenvalue weighted by molar-refractivity contribution is 7.92. The van der Waals surface area contributed by atoms with Crippen LogP contribution in [0.1, 0.15) is 22.6 Å². The molecular formula is C26H26N2O4S. The monoisotopic (exact) mass is 462 g/mol. The molecule has 6 nitrogen and oxygen atoms in total. The van der Waals surface area contributed by atoms with Gasteiger partial charge in [-0.15, -0.1) is 0 Å². The molecule has 170 valence electrons. The van der Waals surface area contributed by atoms with Gasteiger partial charge in [0, 0.05) is 5.56 Å². The summed E-state index contributed by atoms with van der Waals surface area (Å²) in [7, 11) is -2.28. The molecule has 7 heteroatoms. The summed E-state index contributed by atoms with van der Waals surface area (Å²) in [5, 5.41) is 0. The number of methoxy groups -OCH3 is 1. The molecule has 0 spiro atoms. The molecule has 33 heavy (non-hydrogen) atoms. The first-order valence-corrected chi connectivity index (χ1v) is 12.0. The number of benzene rings is 3. The van der Waals surface area contributed by atoms with Gasteiger partial charge in [-0.25, -0.2) is 13.4 Å². The van der Waals surface area contributed by atoms with Crippen molar-refractivity contribution in [3.63, 3.8) is 0 Å². The molecule has 0 fully saturated rings. The van der Waals surface area contributed by atoms with E-state index in [1.54, 1.807) is 62.6 Å². The lowest BCUT2D eigenvalue weighted by atomic mass is 10.1. The molecule has 4 aromatic rings. The summed E-state index contributed by atoms with van der Waals surface area (Å²) in [6, 6.07) is 21.6. The van der Waals surface area contributed by atoms with E-state index in [0.29, 0.717) is 28.8 Å². The van der Waals surface area contributed by atoms with Gasteiger partial charge in [0.25, 0.3) is 10.0 Å². The first-order chi connectivity index (χ1) is 15.8. The Kier molecular flexibility index (Phi) is 6.24. The van der Waals surface area contributed by atoms with Crippen LogP contribution in [0.2, 0.25) is 0 Å². The van der Waals surface area contributed by atoms with Gasteiger partial charge in [-0.05, 0) is 69.3 Å². The molecule has 0 atom stereocenters. The van der Waals surface area contributed by atoms with Crippen LogP contribution in [0.15, 0.2) is 82.1 Å². The molecule has 3 aromatic carbocycles. The Labute approximate surface area is 194 Å². The van der Waals surface area contributed by atoms with E-state index < -0.39 is 10.0 Å². The number of oxazole rings is 1. The van der Waals surface area contributed by atoms with Crippen molar-refractivity contribution in [3.8, 4) is 17.2 Å². The quantitative estimate of drug-likeness (QED) is 0.354. The minimum atomic E-state index is -3.86. The van der Waals surface area contributed by atoms with Gasteiger partial charge in [-0.1, -0.05) is 35.4 Å². The zero-order valence-electron chi connectivity index (χ0n) is 19.1. The van der Waals surface area contributed by atoms with E-state index >= 15 is 0 Å². The molecule has 0 aliphatic carbocycles. The van der Waals surface area contributed by atoms with Crippen molar-refractivity contribution >= 4 is 15.7 Å². The topological polar surface area (TPSA) is 72.6 Å². The Hall–Kier alpha value is -3.58. The van der Waals surface area contributed by atoms with E-state index in [-0.39, 0.29) is 11.4 Å². The fraction of sp³-hybridized carbons (Fsp3) is 0.192. The lowest BCUT2D eigenvalue weighted by Gasteiger charge is -2.24. The predicted molar refractivity (Wildman–Crippen MR) is 129 cm³/mol. The SMILES string of the molecule is COc1ccc(N(Cc2nc(-c3ccc(C)cc3)oc2C)S(=O)(=O)c2ccc(C)cc2)cc1. The molecule has 0 saturated heterocycles. The summed E-state index contributed by atoms with van der Waals surface area (Å²) in [5.74, 6) is 1.68. The van der Waals surface area contributed by atoms with Crippen molar-refractivity contribution in [3.05, 3.63) is 95.4 Å². The first-order valence-electron chi connectivity index (χ1n) is 10.5. The minimum absolute atomic E-state index is 0.0315. The number of sulfonamides is 1. The van der Waals surface area contributed by atoms with E-state index in [9.17, 15) is 8.42 Å². The number of rotatable bonds is 7. The van der Waals surface area contributed by atoms with Crippen LogP contribution in [-0.2, 0) is 16.6 Å². The van der Waals surface area contributed by atoms with Crippen molar-refractivity contribution in [2.24, 2.45) is 0 Å². The molecule has 0 aliphatic heterocycles. The average molecular weight is 463 g/mol. The van der Waals surface area contributed by atoms with Crippen LogP contribution in [0.25, 0.3) is 11.5 Å². The molecule has 0 bridgehead atoms. The molecule has 0 radical (unpaired) electrons. The van der Waals surface area contributed by atoms with Crippen LogP contribution >= 0.6 is 0 Å². The summed E-state index contributed by atoms with van der Waals surface area (Å²) in [4.78, 5) is 4.84. The summed E-state index contributed by atoms with van der Waals surface area (Å²) in [6.07, 6.45) is 0. The lowest BCUT2D eigenvalue weighted by molar-refractivity contribution is 0.415. The molecular weight excluding hydrogens is 436 g/mol. The zero-order valence-corrected chi connectivity index (χ0v) is 19.9. The third kappa shape index (κ3) is 4.78. The highest BCUT2D eigenvalue weighted by Crippen LogP contribution is 2.30. The number of hydrogen-bond donors (Lipinski definition) is 0. The van der Waals surface area contributed by atoms with E-state index in [2.05, 4.69) is 4.98 Å². The predicted octanol–water partition coefficient (Wildman–Crippen LogP) is 5.67. The number of ether oxygens (including phenoxy) is 1. The fourth-order valence-electron chi connectivity index (χ4n) is 3.43. The van der Waals surface area contributed by atoms with Crippen LogP contribution in [0.5, 0.6) is 5.75 Å². The van der Waals surface area contributed by atoms with Crippen LogP contribution in [0, 0.1) is 20.8 Å². The highest BCUT2D eigenvalue weighted by Gasteiger charge is 2.27. The summed E-state index contributed by atoms with van der Waals surface area (Å²) < 4.78 is 39.8. The van der Waals surface area contributed by atoms with Gasteiger partial charge in [0.15, 0.2) is 0 Å². The van der Waals surface area contributed by atoms with Gasteiger partial charge in [0.1, 0.15) is 17.2 Å². The highest BCUT2D eigenvalue weighted by atomic mass is 32.2. The van der Waals surface area contributed by atoms with Gasteiger partial charge in [0.2, 0.25) is 5.89 Å². The second-order valence-corrected chi connectivity index (χ2v) is 9.77. The molecule has 1 heterocycles. The second kappa shape index (κ2) is 9.11. The lowest BCUT2D eigenvalue weighted by Crippen LogP contribution is -2.31. The van der Waals surface area contributed by atoms with Crippen molar-refractivity contribution in [1.29, 1.82) is 0 Å². The van der Waals surface area contributed by atoms with Gasteiger partial charge in [0.05, 0.1) is 24.2 Å². The summed E-state index contributed by atoms with van der Waals surface area (Å²) >= 11 is 0. The molecule has 0 unspecified atom stereocenters. The van der Waals surface area contributed by atoms with Gasteiger partial charge in [-0.3, -0.25) is 4.31 Å². The average Bonchev–Trinajstić information content (AvgIpc) is 3.18. The van der Waals surface area contributed by atoms with E-state index in [1.165, 1.54) is 4.31 Å². The Balaban J connectivity index is 1.75. The number of nitrogens with zero attached hydrogens (tertiary/aromatic N) is 2. The van der Waals surface area contributed by atoms with Gasteiger partial charge >= 0.3 is 0 Å². The van der Waals surface area contributed by atoms with Gasteiger partial charge in [-0.2, -0.15) is 0 Å². The largest absolute Gasteiger partial charge is 0.497 e. The van der Waals surface area contributed by atoms with Crippen molar-refractivity contribution in [2.45, 2.75) is 32.2 Å². The van der Waals surface area contributed by atoms with Crippen LogP contribution in [0.3, 0.4) is 0 Å². The van der Waals surface area contributed by atoms with E-state index in [1.807, 2.05) is 38.1 Å². The molecule has 0 amide bonds. The Morgan fingerprint density at radius 1 is 0.848 bits per heavy atom. The van der Waals surface area contributed by atoms with Crippen LogP contribution in [0.4, 0.5) is 5.69 Å². The third-order valence-electron chi connectivity index (χ3n) is 5.45. The first kappa shape index (κ1) is 22.6. The van der Waals surface area contributed by atoms with Crippen LogP contribution in [-0.4, -0.2) is 20.5 Å². The van der Waals surface area contributed by atoms with Crippen molar-refractivity contribution in [1.82, 2.24) is 4.98 Å². The van der Waals surface area contributed by atoms with E-state index in [4.69, 9.17) is 9.15 Å². The Bertz CT molecular complexity index is 1340. The second-order valence-electron chi connectivity index (χ2n) is 7.91. The number of hydrogen-bond acceptors (Lipinski definition) is 5. The molecule has 0 saturated carbocycles. The molecule has 0 N–H and O–H groups in total. The normalized spacial score (nSPS) is 11.4. The molecule has 4 rings (SSSR count). The van der Waals surface area contributed by atoms with E-state index in [0.717, 1.165) is 16.7 Å². The molecule has 1 aromatic heterocycles. The number of aromatic nitrogens is 1. The summed E-state index contributed by atoms with van der Waals surface area (Å²) in [5.41, 5.74) is 4.03. The number of anilines is 1. The summed E-state index contributed by atoms with van der Waals surface area (Å²) in [6.45, 7) is 5.76.